The van der Waals surface area contributed by atoms with E-state index in [2.05, 4.69) is 0 Å². The van der Waals surface area contributed by atoms with Crippen molar-refractivity contribution in [3.05, 3.63) is 23.8 Å². The molecule has 2 nitrogen and oxygen atoms in total. The molecule has 1 rings (SSSR count). The van der Waals surface area contributed by atoms with Crippen molar-refractivity contribution in [1.82, 2.24) is 0 Å². The van der Waals surface area contributed by atoms with E-state index in [0.717, 1.165) is 17.8 Å². The fourth-order valence-electron chi connectivity index (χ4n) is 1.15. The third-order valence-corrected chi connectivity index (χ3v) is 2.77. The molecule has 0 fully saturated rings. The number of nitrogens with zero attached hydrogens (tertiary/aromatic N) is 1. The third-order valence-electron chi connectivity index (χ3n) is 1.79. The Morgan fingerprint density at radius 3 is 2.62 bits per heavy atom. The van der Waals surface area contributed by atoms with Gasteiger partial charge in [0.1, 0.15) is 5.75 Å². The summed E-state index contributed by atoms with van der Waals surface area (Å²) in [6.07, 6.45) is -4.44. The molecular weight excluding hydrogens is 239 g/mol. The molecule has 0 aliphatic rings. The monoisotopic (exact) mass is 247 g/mol. The van der Waals surface area contributed by atoms with Crippen LogP contribution < -0.4 is 4.74 Å². The summed E-state index contributed by atoms with van der Waals surface area (Å²) < 4.78 is 42.8. The van der Waals surface area contributed by atoms with Crippen molar-refractivity contribution >= 4 is 11.8 Å². The Morgan fingerprint density at radius 2 is 2.12 bits per heavy atom. The number of benzene rings is 1. The Balaban J connectivity index is 3.22. The minimum absolute atomic E-state index is 0.0425. The summed E-state index contributed by atoms with van der Waals surface area (Å²) in [4.78, 5) is -0.0425. The molecule has 16 heavy (non-hydrogen) atoms. The van der Waals surface area contributed by atoms with Crippen LogP contribution in [-0.4, -0.2) is 12.9 Å². The van der Waals surface area contributed by atoms with Gasteiger partial charge in [-0.25, -0.2) is 0 Å². The molecule has 0 amide bonds. The Morgan fingerprint density at radius 1 is 1.44 bits per heavy atom. The molecule has 0 heterocycles. The van der Waals surface area contributed by atoms with E-state index < -0.39 is 11.7 Å². The number of methoxy groups -OCH3 is 1. The summed E-state index contributed by atoms with van der Waals surface area (Å²) in [7, 11) is 1.30. The van der Waals surface area contributed by atoms with E-state index >= 15 is 0 Å². The van der Waals surface area contributed by atoms with Gasteiger partial charge in [-0.3, -0.25) is 0 Å². The lowest BCUT2D eigenvalue weighted by atomic mass is 10.2. The normalized spacial score (nSPS) is 10.9. The molecule has 0 unspecified atom stereocenters. The zero-order valence-electron chi connectivity index (χ0n) is 8.34. The van der Waals surface area contributed by atoms with E-state index in [9.17, 15) is 13.2 Å². The minimum atomic E-state index is -4.44. The van der Waals surface area contributed by atoms with Gasteiger partial charge in [-0.15, -0.1) is 11.8 Å². The predicted octanol–water partition coefficient (Wildman–Crippen LogP) is 3.33. The van der Waals surface area contributed by atoms with Gasteiger partial charge in [0.2, 0.25) is 0 Å². The number of rotatable bonds is 3. The fraction of sp³-hybridized carbons (Fsp3) is 0.300. The van der Waals surface area contributed by atoms with Gasteiger partial charge in [0.25, 0.3) is 0 Å². The summed E-state index contributed by atoms with van der Waals surface area (Å²) in [6, 6.07) is 5.48. The second-order valence-corrected chi connectivity index (χ2v) is 3.77. The quantitative estimate of drug-likeness (QED) is 0.768. The minimum Gasteiger partial charge on any atom is -0.496 e. The van der Waals surface area contributed by atoms with E-state index in [0.29, 0.717) is 0 Å². The maximum Gasteiger partial charge on any atom is 0.417 e. The van der Waals surface area contributed by atoms with Gasteiger partial charge >= 0.3 is 6.18 Å². The number of alkyl halides is 3. The highest BCUT2D eigenvalue weighted by atomic mass is 32.2. The van der Waals surface area contributed by atoms with Gasteiger partial charge in [0.15, 0.2) is 0 Å². The van der Waals surface area contributed by atoms with Crippen molar-refractivity contribution in [3.8, 4) is 11.8 Å². The van der Waals surface area contributed by atoms with Gasteiger partial charge in [-0.05, 0) is 12.1 Å². The third kappa shape index (κ3) is 2.83. The molecule has 0 bridgehead atoms. The van der Waals surface area contributed by atoms with Crippen molar-refractivity contribution in [2.24, 2.45) is 0 Å². The maximum absolute atomic E-state index is 12.6. The standard InChI is InChI=1S/C10H8F3NOS/c1-15-8-4-2-3-7(10(11,12)13)9(8)16-6-5-14/h2-4H,6H2,1H3. The summed E-state index contributed by atoms with van der Waals surface area (Å²) in [6.45, 7) is 0. The van der Waals surface area contributed by atoms with Crippen LogP contribution in [-0.2, 0) is 6.18 Å². The van der Waals surface area contributed by atoms with Crippen molar-refractivity contribution in [2.75, 3.05) is 12.9 Å². The lowest BCUT2D eigenvalue weighted by molar-refractivity contribution is -0.139. The highest BCUT2D eigenvalue weighted by Crippen LogP contribution is 2.41. The summed E-state index contributed by atoms with van der Waals surface area (Å²) >= 11 is 0.819. The first-order valence-electron chi connectivity index (χ1n) is 4.24. The Hall–Kier alpha value is -1.35. The molecule has 0 saturated heterocycles. The molecule has 0 aliphatic carbocycles. The smallest absolute Gasteiger partial charge is 0.417 e. The van der Waals surface area contributed by atoms with Crippen molar-refractivity contribution < 1.29 is 17.9 Å². The van der Waals surface area contributed by atoms with E-state index in [1.54, 1.807) is 6.07 Å². The summed E-state index contributed by atoms with van der Waals surface area (Å²) in [5.41, 5.74) is -0.771. The van der Waals surface area contributed by atoms with Crippen LogP contribution in [0.5, 0.6) is 5.75 Å². The fourth-order valence-corrected chi connectivity index (χ4v) is 1.99. The summed E-state index contributed by atoms with van der Waals surface area (Å²) in [5.74, 6) is 0.0822. The molecule has 0 aliphatic heterocycles. The van der Waals surface area contributed by atoms with Crippen LogP contribution in [0.4, 0.5) is 13.2 Å². The number of nitriles is 1. The van der Waals surface area contributed by atoms with E-state index in [1.165, 1.54) is 19.2 Å². The van der Waals surface area contributed by atoms with Crippen LogP contribution in [0.25, 0.3) is 0 Å². The van der Waals surface area contributed by atoms with Crippen LogP contribution in [0.2, 0.25) is 0 Å². The molecule has 0 saturated carbocycles. The maximum atomic E-state index is 12.6. The van der Waals surface area contributed by atoms with Gasteiger partial charge < -0.3 is 4.74 Å². The Bertz CT molecular complexity index is 412. The van der Waals surface area contributed by atoms with Crippen LogP contribution in [0.15, 0.2) is 23.1 Å². The van der Waals surface area contributed by atoms with Gasteiger partial charge in [-0.1, -0.05) is 6.07 Å². The number of ether oxygens (including phenoxy) is 1. The Labute approximate surface area is 95.0 Å². The second kappa shape index (κ2) is 5.12. The van der Waals surface area contributed by atoms with Gasteiger partial charge in [0, 0.05) is 0 Å². The van der Waals surface area contributed by atoms with Crippen LogP contribution in [0.1, 0.15) is 5.56 Å². The highest BCUT2D eigenvalue weighted by molar-refractivity contribution is 7.99. The van der Waals surface area contributed by atoms with Crippen LogP contribution >= 0.6 is 11.8 Å². The second-order valence-electron chi connectivity index (χ2n) is 2.78. The number of hydrogen-bond donors (Lipinski definition) is 0. The van der Waals surface area contributed by atoms with E-state index in [1.807, 2.05) is 0 Å². The molecule has 0 spiro atoms. The largest absolute Gasteiger partial charge is 0.496 e. The van der Waals surface area contributed by atoms with E-state index in [4.69, 9.17) is 10.00 Å². The summed E-state index contributed by atoms with van der Waals surface area (Å²) in [5, 5.41) is 8.39. The zero-order valence-corrected chi connectivity index (χ0v) is 9.15. The molecule has 6 heteroatoms. The molecule has 0 aromatic heterocycles. The number of halogens is 3. The Kier molecular flexibility index (Phi) is 4.07. The lowest BCUT2D eigenvalue weighted by Crippen LogP contribution is -2.07. The molecule has 1 aromatic rings. The molecule has 0 atom stereocenters. The van der Waals surface area contributed by atoms with Crippen LogP contribution in [0, 0.1) is 11.3 Å². The molecule has 86 valence electrons. The van der Waals surface area contributed by atoms with E-state index in [-0.39, 0.29) is 16.4 Å². The number of thioether (sulfide) groups is 1. The molecule has 0 N–H and O–H groups in total. The van der Waals surface area contributed by atoms with Gasteiger partial charge in [0.05, 0.1) is 29.4 Å². The first-order valence-corrected chi connectivity index (χ1v) is 5.23. The topological polar surface area (TPSA) is 33.0 Å². The number of hydrogen-bond acceptors (Lipinski definition) is 3. The first-order chi connectivity index (χ1) is 7.50. The molecule has 0 radical (unpaired) electrons. The zero-order chi connectivity index (χ0) is 12.2. The molecule has 1 aromatic carbocycles. The average Bonchev–Trinajstić information content (AvgIpc) is 2.24. The first kappa shape index (κ1) is 12.7. The van der Waals surface area contributed by atoms with Gasteiger partial charge in [-0.2, -0.15) is 18.4 Å². The van der Waals surface area contributed by atoms with Crippen LogP contribution in [0.3, 0.4) is 0 Å². The van der Waals surface area contributed by atoms with Crippen molar-refractivity contribution in [1.29, 1.82) is 5.26 Å². The SMILES string of the molecule is COc1cccc(C(F)(F)F)c1SCC#N. The molecular formula is C10H8F3NOS. The van der Waals surface area contributed by atoms with Crippen molar-refractivity contribution in [3.63, 3.8) is 0 Å². The highest BCUT2D eigenvalue weighted by Gasteiger charge is 2.34. The average molecular weight is 247 g/mol. The lowest BCUT2D eigenvalue weighted by Gasteiger charge is -2.14. The predicted molar refractivity (Wildman–Crippen MR) is 54.3 cm³/mol. The van der Waals surface area contributed by atoms with Crippen molar-refractivity contribution in [2.45, 2.75) is 11.1 Å².